The van der Waals surface area contributed by atoms with Gasteiger partial charge in [0, 0.05) is 25.5 Å². The third kappa shape index (κ3) is 6.01. The topological polar surface area (TPSA) is 102 Å². The molecular formula is C21H28BNO6. The molecule has 29 heavy (non-hydrogen) atoms. The predicted octanol–water partition coefficient (Wildman–Crippen LogP) is 2.89. The van der Waals surface area contributed by atoms with Gasteiger partial charge in [0.25, 0.3) is 0 Å². The van der Waals surface area contributed by atoms with Gasteiger partial charge in [0.15, 0.2) is 5.78 Å². The van der Waals surface area contributed by atoms with Gasteiger partial charge in [-0.1, -0.05) is 30.3 Å². The molecular weight excluding hydrogens is 373 g/mol. The number of carboxylic acid groups (broad SMARTS) is 1. The molecule has 2 N–H and O–H groups in total. The Morgan fingerprint density at radius 3 is 2.07 bits per heavy atom. The van der Waals surface area contributed by atoms with Crippen LogP contribution in [0.2, 0.25) is 0 Å². The molecule has 1 heterocycles. The van der Waals surface area contributed by atoms with E-state index in [1.165, 1.54) is 6.92 Å². The van der Waals surface area contributed by atoms with Crippen molar-refractivity contribution in [3.63, 3.8) is 0 Å². The summed E-state index contributed by atoms with van der Waals surface area (Å²) in [7, 11) is -0.608. The fourth-order valence-electron chi connectivity index (χ4n) is 2.77. The summed E-state index contributed by atoms with van der Waals surface area (Å²) in [5, 5.41) is 11.5. The normalized spacial score (nSPS) is 17.8. The first-order chi connectivity index (χ1) is 13.4. The fraction of sp³-hybridized carbons (Fsp3) is 0.476. The SMILES string of the molecule is CC(=O)NCC(=Cc1ccc(C(=O)CCC(=O)O)cc1)B1OC(C)(C)C(C)(C)O1. The van der Waals surface area contributed by atoms with E-state index in [2.05, 4.69) is 5.32 Å². The summed E-state index contributed by atoms with van der Waals surface area (Å²) in [6, 6.07) is 6.87. The van der Waals surface area contributed by atoms with Crippen molar-refractivity contribution >= 4 is 30.9 Å². The van der Waals surface area contributed by atoms with Gasteiger partial charge in [-0.05, 0) is 38.7 Å². The molecule has 0 saturated carbocycles. The molecule has 0 radical (unpaired) electrons. The Morgan fingerprint density at radius 2 is 1.59 bits per heavy atom. The highest BCUT2D eigenvalue weighted by Crippen LogP contribution is 2.38. The van der Waals surface area contributed by atoms with Crippen LogP contribution < -0.4 is 5.32 Å². The lowest BCUT2D eigenvalue weighted by Gasteiger charge is -2.32. The zero-order chi connectivity index (χ0) is 21.8. The van der Waals surface area contributed by atoms with E-state index in [9.17, 15) is 14.4 Å². The van der Waals surface area contributed by atoms with Crippen LogP contribution in [0.3, 0.4) is 0 Å². The third-order valence-corrected chi connectivity index (χ3v) is 5.25. The second-order valence-corrected chi connectivity index (χ2v) is 8.16. The van der Waals surface area contributed by atoms with Crippen LogP contribution in [0.1, 0.15) is 63.4 Å². The summed E-state index contributed by atoms with van der Waals surface area (Å²) in [6.45, 7) is 9.55. The molecule has 1 aliphatic rings. The van der Waals surface area contributed by atoms with Crippen LogP contribution in [-0.2, 0) is 18.9 Å². The number of carbonyl (C=O) groups excluding carboxylic acids is 2. The van der Waals surface area contributed by atoms with Crippen molar-refractivity contribution in [2.24, 2.45) is 0 Å². The lowest BCUT2D eigenvalue weighted by Crippen LogP contribution is -2.41. The lowest BCUT2D eigenvalue weighted by molar-refractivity contribution is -0.137. The van der Waals surface area contributed by atoms with E-state index in [0.29, 0.717) is 5.56 Å². The Bertz CT molecular complexity index is 797. The second-order valence-electron chi connectivity index (χ2n) is 8.16. The molecule has 1 fully saturated rings. The summed E-state index contributed by atoms with van der Waals surface area (Å²) < 4.78 is 12.2. The molecule has 2 rings (SSSR count). The molecule has 1 amide bonds. The second kappa shape index (κ2) is 8.92. The molecule has 0 spiro atoms. The van der Waals surface area contributed by atoms with Gasteiger partial charge in [-0.15, -0.1) is 0 Å². The van der Waals surface area contributed by atoms with E-state index in [0.717, 1.165) is 11.0 Å². The van der Waals surface area contributed by atoms with Crippen LogP contribution in [0.4, 0.5) is 0 Å². The molecule has 1 aliphatic heterocycles. The van der Waals surface area contributed by atoms with Crippen LogP contribution in [0.15, 0.2) is 29.7 Å². The minimum absolute atomic E-state index is 0.0355. The first-order valence-corrected chi connectivity index (χ1v) is 9.57. The van der Waals surface area contributed by atoms with Crippen molar-refractivity contribution in [2.75, 3.05) is 6.54 Å². The number of ketones is 1. The third-order valence-electron chi connectivity index (χ3n) is 5.25. The molecule has 0 aromatic heterocycles. The highest BCUT2D eigenvalue weighted by molar-refractivity contribution is 6.56. The molecule has 0 unspecified atom stereocenters. The summed E-state index contributed by atoms with van der Waals surface area (Å²) >= 11 is 0. The summed E-state index contributed by atoms with van der Waals surface area (Å²) in [5.41, 5.74) is 1.02. The van der Waals surface area contributed by atoms with Gasteiger partial charge in [-0.3, -0.25) is 14.4 Å². The summed E-state index contributed by atoms with van der Waals surface area (Å²) in [6.07, 6.45) is 1.64. The summed E-state index contributed by atoms with van der Waals surface area (Å²) in [5.74, 6) is -1.37. The smallest absolute Gasteiger partial charge is 0.481 e. The largest absolute Gasteiger partial charge is 0.492 e. The lowest BCUT2D eigenvalue weighted by atomic mass is 9.77. The number of carboxylic acids is 1. The Balaban J connectivity index is 2.21. The van der Waals surface area contributed by atoms with Crippen molar-refractivity contribution in [3.8, 4) is 0 Å². The van der Waals surface area contributed by atoms with Crippen LogP contribution in [-0.4, -0.2) is 47.6 Å². The molecule has 0 aliphatic carbocycles. The zero-order valence-corrected chi connectivity index (χ0v) is 17.6. The van der Waals surface area contributed by atoms with Gasteiger partial charge < -0.3 is 19.7 Å². The van der Waals surface area contributed by atoms with Crippen molar-refractivity contribution < 1.29 is 28.8 Å². The van der Waals surface area contributed by atoms with Crippen molar-refractivity contribution in [3.05, 3.63) is 40.9 Å². The van der Waals surface area contributed by atoms with Crippen LogP contribution in [0.25, 0.3) is 6.08 Å². The van der Waals surface area contributed by atoms with Crippen LogP contribution in [0.5, 0.6) is 0 Å². The number of nitrogens with one attached hydrogen (secondary N) is 1. The van der Waals surface area contributed by atoms with Crippen LogP contribution in [0, 0.1) is 0 Å². The van der Waals surface area contributed by atoms with Crippen LogP contribution >= 0.6 is 0 Å². The van der Waals surface area contributed by atoms with Crippen molar-refractivity contribution in [2.45, 2.75) is 58.7 Å². The molecule has 1 aromatic rings. The Kier molecular flexibility index (Phi) is 7.03. The van der Waals surface area contributed by atoms with E-state index in [-0.39, 0.29) is 31.1 Å². The highest BCUT2D eigenvalue weighted by atomic mass is 16.7. The molecule has 8 heteroatoms. The standard InChI is InChI=1S/C21H28BNO6/c1-14(24)23-13-17(22-28-20(2,3)21(4,5)29-22)12-15-6-8-16(9-7-15)18(25)10-11-19(26)27/h6-9,12H,10-11,13H2,1-5H3,(H,23,24)(H,26,27). The minimum atomic E-state index is -0.997. The van der Waals surface area contributed by atoms with Gasteiger partial charge in [0.2, 0.25) is 5.91 Å². The van der Waals surface area contributed by atoms with Gasteiger partial charge in [0.1, 0.15) is 0 Å². The Labute approximate surface area is 171 Å². The maximum atomic E-state index is 12.0. The molecule has 1 aromatic carbocycles. The fourth-order valence-corrected chi connectivity index (χ4v) is 2.77. The van der Waals surface area contributed by atoms with E-state index in [1.807, 2.05) is 33.8 Å². The number of amides is 1. The number of benzene rings is 1. The molecule has 7 nitrogen and oxygen atoms in total. The first kappa shape index (κ1) is 22.8. The number of aliphatic carboxylic acids is 1. The maximum Gasteiger partial charge on any atom is 0.492 e. The molecule has 0 bridgehead atoms. The molecule has 1 saturated heterocycles. The predicted molar refractivity (Wildman–Crippen MR) is 110 cm³/mol. The number of rotatable bonds is 8. The zero-order valence-electron chi connectivity index (χ0n) is 17.6. The number of Topliss-reactive ketones (excluding diaryl/α,β-unsaturated/α-hetero) is 1. The average Bonchev–Trinajstić information content (AvgIpc) is 2.84. The highest BCUT2D eigenvalue weighted by Gasteiger charge is 2.52. The maximum absolute atomic E-state index is 12.0. The Morgan fingerprint density at radius 1 is 1.03 bits per heavy atom. The molecule has 0 atom stereocenters. The Hall–Kier alpha value is -2.45. The number of hydrogen-bond acceptors (Lipinski definition) is 5. The number of carbonyl (C=O) groups is 3. The minimum Gasteiger partial charge on any atom is -0.481 e. The van der Waals surface area contributed by atoms with Gasteiger partial charge in [-0.2, -0.15) is 0 Å². The number of hydrogen-bond donors (Lipinski definition) is 2. The first-order valence-electron chi connectivity index (χ1n) is 9.57. The molecule has 156 valence electrons. The quantitative estimate of drug-likeness (QED) is 0.513. The van der Waals surface area contributed by atoms with Gasteiger partial charge in [0.05, 0.1) is 17.6 Å². The van der Waals surface area contributed by atoms with E-state index < -0.39 is 24.3 Å². The van der Waals surface area contributed by atoms with E-state index in [4.69, 9.17) is 14.4 Å². The van der Waals surface area contributed by atoms with Gasteiger partial charge >= 0.3 is 13.1 Å². The monoisotopic (exact) mass is 401 g/mol. The summed E-state index contributed by atoms with van der Waals surface area (Å²) in [4.78, 5) is 34.1. The van der Waals surface area contributed by atoms with E-state index in [1.54, 1.807) is 24.3 Å². The average molecular weight is 401 g/mol. The van der Waals surface area contributed by atoms with E-state index >= 15 is 0 Å². The van der Waals surface area contributed by atoms with Gasteiger partial charge in [-0.25, -0.2) is 0 Å². The van der Waals surface area contributed by atoms with Crippen molar-refractivity contribution in [1.82, 2.24) is 5.32 Å². The van der Waals surface area contributed by atoms with Crippen molar-refractivity contribution in [1.29, 1.82) is 0 Å².